The molecule has 5 nitrogen and oxygen atoms in total. The molecule has 0 radical (unpaired) electrons. The minimum absolute atomic E-state index is 0.524. The van der Waals surface area contributed by atoms with Gasteiger partial charge in [-0.15, -0.1) is 0 Å². The molecule has 0 bridgehead atoms. The van der Waals surface area contributed by atoms with E-state index in [1.807, 2.05) is 6.07 Å². The van der Waals surface area contributed by atoms with Gasteiger partial charge in [-0.1, -0.05) is 0 Å². The normalized spacial score (nSPS) is 16.4. The lowest BCUT2D eigenvalue weighted by Crippen LogP contribution is -2.30. The van der Waals surface area contributed by atoms with Gasteiger partial charge >= 0.3 is 0 Å². The maximum absolute atomic E-state index is 5.86. The molecule has 2 aromatic heterocycles. The Labute approximate surface area is 99.7 Å². The van der Waals surface area contributed by atoms with Gasteiger partial charge in [0, 0.05) is 18.5 Å². The van der Waals surface area contributed by atoms with Crippen LogP contribution in [0, 0.1) is 0 Å². The highest BCUT2D eigenvalue weighted by Gasteiger charge is 2.13. The Hall–Kier alpha value is -1.91. The SMILES string of the molecule is Nc1ncnc2cnc(N3CCCCC3)cc12. The molecule has 0 saturated carbocycles. The molecule has 5 heteroatoms. The van der Waals surface area contributed by atoms with Gasteiger partial charge in [0.15, 0.2) is 0 Å². The fourth-order valence-corrected chi connectivity index (χ4v) is 2.26. The van der Waals surface area contributed by atoms with Crippen molar-refractivity contribution in [2.45, 2.75) is 19.3 Å². The Morgan fingerprint density at radius 3 is 2.71 bits per heavy atom. The lowest BCUT2D eigenvalue weighted by Gasteiger charge is -2.27. The summed E-state index contributed by atoms with van der Waals surface area (Å²) in [5.74, 6) is 1.51. The number of fused-ring (bicyclic) bond motifs is 1. The molecule has 0 atom stereocenters. The van der Waals surface area contributed by atoms with Crippen LogP contribution in [0.1, 0.15) is 19.3 Å². The number of hydrogen-bond donors (Lipinski definition) is 1. The van der Waals surface area contributed by atoms with Crippen LogP contribution in [0.15, 0.2) is 18.6 Å². The van der Waals surface area contributed by atoms with Gasteiger partial charge in [0.25, 0.3) is 0 Å². The summed E-state index contributed by atoms with van der Waals surface area (Å²) in [6.45, 7) is 2.15. The standard InChI is InChI=1S/C12H15N5/c13-12-9-6-11(17-4-2-1-3-5-17)14-7-10(9)15-8-16-12/h6-8H,1-5H2,(H2,13,15,16). The van der Waals surface area contributed by atoms with Crippen LogP contribution >= 0.6 is 0 Å². The molecule has 17 heavy (non-hydrogen) atoms. The van der Waals surface area contributed by atoms with E-state index in [1.54, 1.807) is 6.20 Å². The summed E-state index contributed by atoms with van der Waals surface area (Å²) in [6.07, 6.45) is 7.04. The van der Waals surface area contributed by atoms with E-state index < -0.39 is 0 Å². The lowest BCUT2D eigenvalue weighted by atomic mass is 10.1. The van der Waals surface area contributed by atoms with Crippen LogP contribution in [0.25, 0.3) is 10.9 Å². The monoisotopic (exact) mass is 229 g/mol. The van der Waals surface area contributed by atoms with Gasteiger partial charge in [-0.3, -0.25) is 0 Å². The largest absolute Gasteiger partial charge is 0.383 e. The summed E-state index contributed by atoms with van der Waals surface area (Å²) in [5, 5.41) is 0.892. The van der Waals surface area contributed by atoms with Crippen molar-refractivity contribution in [3.63, 3.8) is 0 Å². The Morgan fingerprint density at radius 2 is 1.88 bits per heavy atom. The van der Waals surface area contributed by atoms with E-state index in [-0.39, 0.29) is 0 Å². The summed E-state index contributed by atoms with van der Waals surface area (Å²) < 4.78 is 0. The van der Waals surface area contributed by atoms with E-state index in [0.29, 0.717) is 5.82 Å². The van der Waals surface area contributed by atoms with E-state index in [2.05, 4.69) is 19.9 Å². The van der Waals surface area contributed by atoms with Gasteiger partial charge in [0.1, 0.15) is 18.0 Å². The van der Waals surface area contributed by atoms with Crippen LogP contribution in [-0.4, -0.2) is 28.0 Å². The van der Waals surface area contributed by atoms with Gasteiger partial charge < -0.3 is 10.6 Å². The molecule has 2 N–H and O–H groups in total. The number of nitrogen functional groups attached to an aromatic ring is 1. The Balaban J connectivity index is 2.03. The minimum Gasteiger partial charge on any atom is -0.383 e. The van der Waals surface area contributed by atoms with E-state index in [0.717, 1.165) is 29.8 Å². The molecular formula is C12H15N5. The third-order valence-electron chi connectivity index (χ3n) is 3.22. The van der Waals surface area contributed by atoms with Gasteiger partial charge in [-0.2, -0.15) is 0 Å². The van der Waals surface area contributed by atoms with Crippen molar-refractivity contribution < 1.29 is 0 Å². The lowest BCUT2D eigenvalue weighted by molar-refractivity contribution is 0.574. The molecule has 1 aliphatic rings. The fourth-order valence-electron chi connectivity index (χ4n) is 2.26. The van der Waals surface area contributed by atoms with E-state index in [9.17, 15) is 0 Å². The second-order valence-electron chi connectivity index (χ2n) is 4.37. The molecule has 0 unspecified atom stereocenters. The molecule has 88 valence electrons. The zero-order valence-electron chi connectivity index (χ0n) is 9.63. The van der Waals surface area contributed by atoms with Crippen LogP contribution in [0.4, 0.5) is 11.6 Å². The predicted octanol–water partition coefficient (Wildman–Crippen LogP) is 1.60. The van der Waals surface area contributed by atoms with Gasteiger partial charge in [-0.05, 0) is 25.3 Å². The first-order valence-corrected chi connectivity index (χ1v) is 5.96. The average molecular weight is 229 g/mol. The maximum Gasteiger partial charge on any atom is 0.134 e. The van der Waals surface area contributed by atoms with Gasteiger partial charge in [-0.25, -0.2) is 15.0 Å². The number of aromatic nitrogens is 3. The highest BCUT2D eigenvalue weighted by Crippen LogP contribution is 2.23. The predicted molar refractivity (Wildman–Crippen MR) is 67.8 cm³/mol. The second kappa shape index (κ2) is 4.16. The molecule has 0 aromatic carbocycles. The summed E-state index contributed by atoms with van der Waals surface area (Å²) in [7, 11) is 0. The zero-order valence-corrected chi connectivity index (χ0v) is 9.63. The van der Waals surface area contributed by atoms with Gasteiger partial charge in [0.05, 0.1) is 11.7 Å². The van der Waals surface area contributed by atoms with Crippen LogP contribution in [0.2, 0.25) is 0 Å². The van der Waals surface area contributed by atoms with Crippen molar-refractivity contribution in [1.29, 1.82) is 0 Å². The van der Waals surface area contributed by atoms with Crippen molar-refractivity contribution in [3.8, 4) is 0 Å². The smallest absolute Gasteiger partial charge is 0.134 e. The van der Waals surface area contributed by atoms with Crippen LogP contribution in [0.5, 0.6) is 0 Å². The molecule has 1 fully saturated rings. The number of rotatable bonds is 1. The van der Waals surface area contributed by atoms with Crippen molar-refractivity contribution >= 4 is 22.5 Å². The molecular weight excluding hydrogens is 214 g/mol. The number of nitrogens with zero attached hydrogens (tertiary/aromatic N) is 4. The number of anilines is 2. The highest BCUT2D eigenvalue weighted by molar-refractivity contribution is 5.89. The topological polar surface area (TPSA) is 67.9 Å². The summed E-state index contributed by atoms with van der Waals surface area (Å²) in [4.78, 5) is 14.9. The molecule has 0 amide bonds. The minimum atomic E-state index is 0.524. The molecule has 1 aliphatic heterocycles. The molecule has 2 aromatic rings. The Kier molecular flexibility index (Phi) is 2.51. The number of hydrogen-bond acceptors (Lipinski definition) is 5. The quantitative estimate of drug-likeness (QED) is 0.804. The summed E-state index contributed by atoms with van der Waals surface area (Å²) >= 11 is 0. The average Bonchev–Trinajstić information content (AvgIpc) is 2.40. The molecule has 3 rings (SSSR count). The molecule has 0 aliphatic carbocycles. The summed E-state index contributed by atoms with van der Waals surface area (Å²) in [5.41, 5.74) is 6.66. The van der Waals surface area contributed by atoms with E-state index >= 15 is 0 Å². The first-order valence-electron chi connectivity index (χ1n) is 5.96. The van der Waals surface area contributed by atoms with Crippen molar-refractivity contribution in [1.82, 2.24) is 15.0 Å². The van der Waals surface area contributed by atoms with Crippen molar-refractivity contribution in [2.24, 2.45) is 0 Å². The van der Waals surface area contributed by atoms with Crippen LogP contribution < -0.4 is 10.6 Å². The Bertz CT molecular complexity index is 533. The zero-order chi connectivity index (χ0) is 11.7. The van der Waals surface area contributed by atoms with Gasteiger partial charge in [0.2, 0.25) is 0 Å². The summed E-state index contributed by atoms with van der Waals surface area (Å²) in [6, 6.07) is 2.00. The Morgan fingerprint density at radius 1 is 1.06 bits per heavy atom. The van der Waals surface area contributed by atoms with Crippen LogP contribution in [0.3, 0.4) is 0 Å². The fraction of sp³-hybridized carbons (Fsp3) is 0.417. The highest BCUT2D eigenvalue weighted by atomic mass is 15.2. The number of piperidine rings is 1. The first-order chi connectivity index (χ1) is 8.34. The second-order valence-corrected chi connectivity index (χ2v) is 4.37. The molecule has 1 saturated heterocycles. The number of nitrogens with two attached hydrogens (primary N) is 1. The molecule has 0 spiro atoms. The first kappa shape index (κ1) is 10.3. The van der Waals surface area contributed by atoms with E-state index in [1.165, 1.54) is 25.6 Å². The maximum atomic E-state index is 5.86. The third-order valence-corrected chi connectivity index (χ3v) is 3.22. The van der Waals surface area contributed by atoms with E-state index in [4.69, 9.17) is 5.73 Å². The van der Waals surface area contributed by atoms with Crippen molar-refractivity contribution in [3.05, 3.63) is 18.6 Å². The number of pyridine rings is 1. The third kappa shape index (κ3) is 1.88. The van der Waals surface area contributed by atoms with Crippen molar-refractivity contribution in [2.75, 3.05) is 23.7 Å². The van der Waals surface area contributed by atoms with Crippen LogP contribution in [-0.2, 0) is 0 Å². The molecule has 3 heterocycles.